The van der Waals surface area contributed by atoms with Crippen LogP contribution < -0.4 is 0 Å². The van der Waals surface area contributed by atoms with E-state index in [0.717, 1.165) is 35.2 Å². The molecule has 13 heteroatoms. The van der Waals surface area contributed by atoms with E-state index in [9.17, 15) is 25.3 Å². The number of hydrogen-bond donors (Lipinski definition) is 3. The summed E-state index contributed by atoms with van der Waals surface area (Å²) in [5.74, 6) is 0. The molecular formula is C24H27O9PS3. The molecule has 0 fully saturated rings. The van der Waals surface area contributed by atoms with Gasteiger partial charge in [0.05, 0.1) is 14.7 Å². The van der Waals surface area contributed by atoms with Crippen LogP contribution in [0.15, 0.2) is 87.5 Å². The smallest absolute Gasteiger partial charge is 0.282 e. The van der Waals surface area contributed by atoms with Crippen LogP contribution in [-0.2, 0) is 49.6 Å². The van der Waals surface area contributed by atoms with Crippen LogP contribution in [0.3, 0.4) is 0 Å². The molecule has 0 amide bonds. The van der Waals surface area contributed by atoms with Gasteiger partial charge in [-0.15, -0.1) is 7.92 Å². The Kier molecular flexibility index (Phi) is 9.62. The van der Waals surface area contributed by atoms with Crippen LogP contribution in [0.2, 0.25) is 0 Å². The van der Waals surface area contributed by atoms with Gasteiger partial charge in [-0.05, 0) is 90.8 Å². The standard InChI is InChI=1S/C24H27O9PS3/c25-35(26,27)22-7-1-19(2-8-22)13-16-34(17-14-20-3-9-23(10-4-20)36(28,29)30)18-15-21-5-11-24(12-6-21)37(31,32)33/h1-12H,13-18H2,(H,25,26,27)(H,28,29,30)(H,31,32,33). The quantitative estimate of drug-likeness (QED) is 0.211. The Morgan fingerprint density at radius 1 is 0.432 bits per heavy atom. The lowest BCUT2D eigenvalue weighted by atomic mass is 10.2. The Bertz CT molecular complexity index is 1330. The Morgan fingerprint density at radius 3 is 0.838 bits per heavy atom. The van der Waals surface area contributed by atoms with E-state index in [2.05, 4.69) is 0 Å². The first-order chi connectivity index (χ1) is 17.2. The van der Waals surface area contributed by atoms with Crippen LogP contribution in [0.25, 0.3) is 0 Å². The Balaban J connectivity index is 1.68. The van der Waals surface area contributed by atoms with Crippen LogP contribution in [0.1, 0.15) is 16.7 Å². The van der Waals surface area contributed by atoms with E-state index in [-0.39, 0.29) is 14.7 Å². The highest BCUT2D eigenvalue weighted by Crippen LogP contribution is 2.38. The second-order valence-electron chi connectivity index (χ2n) is 8.45. The van der Waals surface area contributed by atoms with Crippen molar-refractivity contribution in [2.45, 2.75) is 33.9 Å². The second-order valence-corrected chi connectivity index (χ2v) is 15.4. The first-order valence-corrected chi connectivity index (χ1v) is 17.4. The molecule has 0 aliphatic heterocycles. The van der Waals surface area contributed by atoms with Crippen LogP contribution in [-0.4, -0.2) is 57.4 Å². The van der Waals surface area contributed by atoms with E-state index < -0.39 is 38.3 Å². The summed E-state index contributed by atoms with van der Waals surface area (Å²) in [4.78, 5) is -0.499. The molecule has 3 rings (SSSR count). The normalized spacial score (nSPS) is 12.6. The fraction of sp³-hybridized carbons (Fsp3) is 0.250. The summed E-state index contributed by atoms with van der Waals surface area (Å²) in [5, 5.41) is 0. The Morgan fingerprint density at radius 2 is 0.649 bits per heavy atom. The van der Waals surface area contributed by atoms with Gasteiger partial charge in [-0.25, -0.2) is 0 Å². The maximum absolute atomic E-state index is 11.3. The van der Waals surface area contributed by atoms with E-state index in [1.807, 2.05) is 0 Å². The lowest BCUT2D eigenvalue weighted by Gasteiger charge is -2.18. The van der Waals surface area contributed by atoms with Gasteiger partial charge in [0.25, 0.3) is 30.4 Å². The third kappa shape index (κ3) is 9.26. The molecule has 37 heavy (non-hydrogen) atoms. The van der Waals surface area contributed by atoms with E-state index in [1.54, 1.807) is 36.4 Å². The largest absolute Gasteiger partial charge is 0.294 e. The van der Waals surface area contributed by atoms with Gasteiger partial charge in [0.1, 0.15) is 0 Å². The Labute approximate surface area is 218 Å². The highest BCUT2D eigenvalue weighted by Gasteiger charge is 2.14. The molecule has 0 aliphatic carbocycles. The summed E-state index contributed by atoms with van der Waals surface area (Å²) in [6, 6.07) is 18.2. The molecule has 0 spiro atoms. The highest BCUT2D eigenvalue weighted by atomic mass is 32.2. The summed E-state index contributed by atoms with van der Waals surface area (Å²) >= 11 is 0. The molecule has 0 aromatic heterocycles. The summed E-state index contributed by atoms with van der Waals surface area (Å²) in [6.45, 7) is 0. The molecule has 0 heterocycles. The van der Waals surface area contributed by atoms with Gasteiger partial charge < -0.3 is 0 Å². The number of aryl methyl sites for hydroxylation is 3. The summed E-state index contributed by atoms with van der Waals surface area (Å²) < 4.78 is 95.1. The Hall–Kier alpha value is -2.18. The van der Waals surface area contributed by atoms with Gasteiger partial charge in [-0.1, -0.05) is 36.4 Å². The van der Waals surface area contributed by atoms with Gasteiger partial charge >= 0.3 is 0 Å². The van der Waals surface area contributed by atoms with Crippen molar-refractivity contribution in [2.75, 3.05) is 18.5 Å². The van der Waals surface area contributed by atoms with Crippen molar-refractivity contribution >= 4 is 38.3 Å². The molecule has 3 aromatic rings. The average Bonchev–Trinajstić information content (AvgIpc) is 2.82. The summed E-state index contributed by atoms with van der Waals surface area (Å²) in [6.07, 6.45) is 4.61. The number of hydrogen-bond acceptors (Lipinski definition) is 6. The maximum Gasteiger partial charge on any atom is 0.294 e. The van der Waals surface area contributed by atoms with Gasteiger partial charge in [0.2, 0.25) is 0 Å². The second kappa shape index (κ2) is 12.1. The lowest BCUT2D eigenvalue weighted by Crippen LogP contribution is -2.04. The molecule has 0 radical (unpaired) electrons. The molecule has 0 saturated carbocycles. The van der Waals surface area contributed by atoms with E-state index in [4.69, 9.17) is 13.7 Å². The van der Waals surface area contributed by atoms with Crippen molar-refractivity contribution in [3.05, 3.63) is 89.5 Å². The first-order valence-electron chi connectivity index (χ1n) is 11.1. The predicted octanol–water partition coefficient (Wildman–Crippen LogP) is 3.94. The molecule has 0 aliphatic rings. The molecule has 9 nitrogen and oxygen atoms in total. The maximum atomic E-state index is 11.3. The molecule has 3 N–H and O–H groups in total. The number of benzene rings is 3. The molecule has 0 unspecified atom stereocenters. The zero-order chi connectivity index (χ0) is 27.3. The van der Waals surface area contributed by atoms with Gasteiger partial charge in [-0.3, -0.25) is 13.7 Å². The van der Waals surface area contributed by atoms with Crippen LogP contribution in [0.5, 0.6) is 0 Å². The van der Waals surface area contributed by atoms with Crippen molar-refractivity contribution in [3.8, 4) is 0 Å². The molecular weight excluding hydrogens is 559 g/mol. The van der Waals surface area contributed by atoms with Gasteiger partial charge in [0, 0.05) is 0 Å². The zero-order valence-electron chi connectivity index (χ0n) is 19.6. The van der Waals surface area contributed by atoms with Crippen molar-refractivity contribution in [3.63, 3.8) is 0 Å². The fourth-order valence-corrected chi connectivity index (χ4v) is 7.52. The highest BCUT2D eigenvalue weighted by molar-refractivity contribution is 7.86. The van der Waals surface area contributed by atoms with Crippen molar-refractivity contribution < 1.29 is 38.9 Å². The van der Waals surface area contributed by atoms with Gasteiger partial charge in [-0.2, -0.15) is 25.3 Å². The third-order valence-electron chi connectivity index (χ3n) is 5.81. The molecule has 0 saturated heterocycles. The van der Waals surface area contributed by atoms with Crippen LogP contribution in [0, 0.1) is 0 Å². The summed E-state index contributed by atoms with van der Waals surface area (Å²) in [7, 11) is -13.3. The number of rotatable bonds is 12. The van der Waals surface area contributed by atoms with E-state index in [1.165, 1.54) is 36.4 Å². The van der Waals surface area contributed by atoms with Crippen molar-refractivity contribution in [1.82, 2.24) is 0 Å². The third-order valence-corrected chi connectivity index (χ3v) is 11.0. The molecule has 0 atom stereocenters. The van der Waals surface area contributed by atoms with Gasteiger partial charge in [0.15, 0.2) is 0 Å². The summed E-state index contributed by atoms with van der Waals surface area (Å²) in [5.41, 5.74) is 2.78. The lowest BCUT2D eigenvalue weighted by molar-refractivity contribution is 0.481. The van der Waals surface area contributed by atoms with Crippen LogP contribution in [0.4, 0.5) is 0 Å². The predicted molar refractivity (Wildman–Crippen MR) is 141 cm³/mol. The molecule has 200 valence electrons. The molecule has 0 bridgehead atoms. The monoisotopic (exact) mass is 586 g/mol. The fourth-order valence-electron chi connectivity index (χ4n) is 3.68. The van der Waals surface area contributed by atoms with Crippen LogP contribution >= 0.6 is 7.92 Å². The minimum absolute atomic E-state index is 0.166. The topological polar surface area (TPSA) is 163 Å². The average molecular weight is 587 g/mol. The zero-order valence-corrected chi connectivity index (χ0v) is 23.0. The SMILES string of the molecule is O=S(=O)(O)c1ccc(CCP(CCc2ccc(S(=O)(=O)O)cc2)CCc2ccc(S(=O)(=O)O)cc2)cc1. The van der Waals surface area contributed by atoms with E-state index in [0.29, 0.717) is 19.3 Å². The minimum atomic E-state index is -4.26. The van der Waals surface area contributed by atoms with Crippen molar-refractivity contribution in [2.24, 2.45) is 0 Å². The first kappa shape index (κ1) is 29.4. The van der Waals surface area contributed by atoms with E-state index >= 15 is 0 Å². The van der Waals surface area contributed by atoms with Crippen molar-refractivity contribution in [1.29, 1.82) is 0 Å². The molecule has 3 aromatic carbocycles. The minimum Gasteiger partial charge on any atom is -0.282 e.